The van der Waals surface area contributed by atoms with Crippen LogP contribution >= 0.6 is 0 Å². The molecule has 0 aliphatic carbocycles. The largest absolute Gasteiger partial charge is 0.376 e. The van der Waals surface area contributed by atoms with Gasteiger partial charge in [-0.1, -0.05) is 17.3 Å². The first-order valence-corrected chi connectivity index (χ1v) is 8.34. The van der Waals surface area contributed by atoms with Crippen molar-refractivity contribution in [2.45, 2.75) is 38.5 Å². The smallest absolute Gasteiger partial charge is 0.318 e. The minimum absolute atomic E-state index is 0.114. The normalized spacial score (nSPS) is 18.1. The highest BCUT2D eigenvalue weighted by atomic mass is 19.1. The molecule has 1 aliphatic rings. The van der Waals surface area contributed by atoms with Gasteiger partial charge in [-0.2, -0.15) is 0 Å². The van der Waals surface area contributed by atoms with Crippen LogP contribution in [0.25, 0.3) is 0 Å². The lowest BCUT2D eigenvalue weighted by molar-refractivity contribution is 0.0784. The van der Waals surface area contributed by atoms with E-state index in [1.54, 1.807) is 32.2 Å². The third kappa shape index (κ3) is 4.36. The number of hydrogen-bond donors (Lipinski definition) is 1. The van der Waals surface area contributed by atoms with Gasteiger partial charge in [-0.25, -0.2) is 9.18 Å². The van der Waals surface area contributed by atoms with Gasteiger partial charge in [-0.05, 0) is 37.5 Å². The number of urea groups is 1. The summed E-state index contributed by atoms with van der Waals surface area (Å²) in [7, 11) is 1.69. The Kier molecular flexibility index (Phi) is 5.33. The molecule has 1 fully saturated rings. The average Bonchev–Trinajstić information content (AvgIpc) is 3.25. The fourth-order valence-electron chi connectivity index (χ4n) is 2.98. The third-order valence-corrected chi connectivity index (χ3v) is 4.27. The van der Waals surface area contributed by atoms with Gasteiger partial charge in [-0.15, -0.1) is 0 Å². The molecule has 6 nitrogen and oxygen atoms in total. The van der Waals surface area contributed by atoms with E-state index in [9.17, 15) is 9.18 Å². The molecule has 2 aromatic rings. The van der Waals surface area contributed by atoms with E-state index in [1.165, 1.54) is 17.0 Å². The second kappa shape index (κ2) is 7.65. The predicted molar refractivity (Wildman–Crippen MR) is 89.4 cm³/mol. The van der Waals surface area contributed by atoms with Gasteiger partial charge in [-0.3, -0.25) is 0 Å². The van der Waals surface area contributed by atoms with Crippen LogP contribution in [-0.4, -0.2) is 35.8 Å². The molecule has 0 spiro atoms. The Morgan fingerprint density at radius 2 is 2.20 bits per heavy atom. The summed E-state index contributed by atoms with van der Waals surface area (Å²) in [6.07, 6.45) is 1.69. The van der Waals surface area contributed by atoms with Crippen LogP contribution in [0.3, 0.4) is 0 Å². The zero-order valence-electron chi connectivity index (χ0n) is 14.4. The van der Waals surface area contributed by atoms with Crippen molar-refractivity contribution in [2.24, 2.45) is 0 Å². The highest BCUT2D eigenvalue weighted by Gasteiger charge is 2.29. The topological polar surface area (TPSA) is 67.6 Å². The summed E-state index contributed by atoms with van der Waals surface area (Å²) in [5.41, 5.74) is 1.51. The molecule has 0 radical (unpaired) electrons. The fourth-order valence-corrected chi connectivity index (χ4v) is 2.98. The summed E-state index contributed by atoms with van der Waals surface area (Å²) in [6, 6.07) is 7.38. The molecule has 3 rings (SSSR count). The number of nitrogens with zero attached hydrogens (tertiary/aromatic N) is 2. The van der Waals surface area contributed by atoms with Gasteiger partial charge in [0.05, 0.1) is 18.7 Å². The quantitative estimate of drug-likeness (QED) is 0.902. The number of rotatable bonds is 5. The number of carbonyl (C=O) groups excluding carboxylic acids is 1. The molecule has 25 heavy (non-hydrogen) atoms. The maximum Gasteiger partial charge on any atom is 0.318 e. The summed E-state index contributed by atoms with van der Waals surface area (Å²) >= 11 is 0. The van der Waals surface area contributed by atoms with Crippen molar-refractivity contribution in [1.29, 1.82) is 0 Å². The zero-order chi connectivity index (χ0) is 17.8. The Morgan fingerprint density at radius 1 is 1.44 bits per heavy atom. The number of aryl methyl sites for hydroxylation is 1. The van der Waals surface area contributed by atoms with Crippen molar-refractivity contribution in [2.75, 3.05) is 13.7 Å². The van der Waals surface area contributed by atoms with Gasteiger partial charge in [0.1, 0.15) is 17.3 Å². The van der Waals surface area contributed by atoms with Crippen LogP contribution in [0.2, 0.25) is 0 Å². The Bertz CT molecular complexity index is 711. The van der Waals surface area contributed by atoms with Crippen LogP contribution in [-0.2, 0) is 11.3 Å². The van der Waals surface area contributed by atoms with Gasteiger partial charge in [0.15, 0.2) is 0 Å². The molecule has 0 saturated carbocycles. The molecule has 1 aromatic carbocycles. The molecular weight excluding hydrogens is 325 g/mol. The summed E-state index contributed by atoms with van der Waals surface area (Å²) in [5.74, 6) is 0.395. The maximum absolute atomic E-state index is 13.2. The molecule has 2 atom stereocenters. The number of aromatic nitrogens is 1. The van der Waals surface area contributed by atoms with Crippen LogP contribution in [0, 0.1) is 12.7 Å². The second-order valence-corrected chi connectivity index (χ2v) is 6.32. The lowest BCUT2D eigenvalue weighted by Gasteiger charge is -2.27. The number of amides is 2. The van der Waals surface area contributed by atoms with E-state index in [0.717, 1.165) is 18.4 Å². The lowest BCUT2D eigenvalue weighted by Crippen LogP contribution is -2.42. The van der Waals surface area contributed by atoms with Crippen LogP contribution in [0.4, 0.5) is 9.18 Å². The van der Waals surface area contributed by atoms with Crippen molar-refractivity contribution in [1.82, 2.24) is 15.4 Å². The van der Waals surface area contributed by atoms with Gasteiger partial charge in [0.2, 0.25) is 0 Å². The molecule has 2 heterocycles. The van der Waals surface area contributed by atoms with E-state index in [-0.39, 0.29) is 24.0 Å². The zero-order valence-corrected chi connectivity index (χ0v) is 14.4. The molecular formula is C18H22FN3O3. The summed E-state index contributed by atoms with van der Waals surface area (Å²) in [5, 5.41) is 6.90. The third-order valence-electron chi connectivity index (χ3n) is 4.27. The highest BCUT2D eigenvalue weighted by Crippen LogP contribution is 2.27. The Balaban J connectivity index is 1.70. The molecule has 134 valence electrons. The summed E-state index contributed by atoms with van der Waals surface area (Å²) in [4.78, 5) is 14.1. The fraction of sp³-hybridized carbons (Fsp3) is 0.444. The molecule has 0 bridgehead atoms. The van der Waals surface area contributed by atoms with Gasteiger partial charge in [0.25, 0.3) is 0 Å². The SMILES string of the molecule is Cc1cc(CN(C)C(=O)NC(c2ccc(F)cc2)C2CCCO2)no1. The van der Waals surface area contributed by atoms with Crippen molar-refractivity contribution >= 4 is 6.03 Å². The first-order chi connectivity index (χ1) is 12.0. The van der Waals surface area contributed by atoms with Gasteiger partial charge in [0, 0.05) is 19.7 Å². The van der Waals surface area contributed by atoms with Gasteiger partial charge >= 0.3 is 6.03 Å². The molecule has 1 aliphatic heterocycles. The van der Waals surface area contributed by atoms with E-state index in [1.807, 2.05) is 0 Å². The van der Waals surface area contributed by atoms with Crippen LogP contribution in [0.15, 0.2) is 34.9 Å². The first kappa shape index (κ1) is 17.4. The monoisotopic (exact) mass is 347 g/mol. The van der Waals surface area contributed by atoms with E-state index >= 15 is 0 Å². The van der Waals surface area contributed by atoms with E-state index < -0.39 is 0 Å². The van der Waals surface area contributed by atoms with Crippen molar-refractivity contribution in [3.05, 3.63) is 53.2 Å². The molecule has 2 amide bonds. The summed E-state index contributed by atoms with van der Waals surface area (Å²) < 4.78 is 24.0. The van der Waals surface area contributed by atoms with Crippen LogP contribution < -0.4 is 5.32 Å². The molecule has 1 N–H and O–H groups in total. The minimum Gasteiger partial charge on any atom is -0.376 e. The van der Waals surface area contributed by atoms with Crippen LogP contribution in [0.1, 0.15) is 35.9 Å². The number of ether oxygens (including phenoxy) is 1. The second-order valence-electron chi connectivity index (χ2n) is 6.32. The predicted octanol–water partition coefficient (Wildman–Crippen LogP) is 3.18. The molecule has 1 saturated heterocycles. The van der Waals surface area contributed by atoms with Crippen LogP contribution in [0.5, 0.6) is 0 Å². The Labute approximate surface area is 145 Å². The van der Waals surface area contributed by atoms with Gasteiger partial charge < -0.3 is 19.5 Å². The minimum atomic E-state index is -0.322. The first-order valence-electron chi connectivity index (χ1n) is 8.34. The van der Waals surface area contributed by atoms with Crippen molar-refractivity contribution in [3.63, 3.8) is 0 Å². The van der Waals surface area contributed by atoms with E-state index in [0.29, 0.717) is 24.6 Å². The standard InChI is InChI=1S/C18H22FN3O3/c1-12-10-15(21-25-12)11-22(2)18(23)20-17(16-4-3-9-24-16)13-5-7-14(19)8-6-13/h5-8,10,16-17H,3-4,9,11H2,1-2H3,(H,20,23). The Hall–Kier alpha value is -2.41. The molecule has 1 aromatic heterocycles. The van der Waals surface area contributed by atoms with E-state index in [4.69, 9.17) is 9.26 Å². The number of benzene rings is 1. The average molecular weight is 347 g/mol. The number of carbonyl (C=O) groups is 1. The number of halogens is 1. The molecule has 2 unspecified atom stereocenters. The van der Waals surface area contributed by atoms with E-state index in [2.05, 4.69) is 10.5 Å². The maximum atomic E-state index is 13.2. The molecule has 7 heteroatoms. The number of hydrogen-bond acceptors (Lipinski definition) is 4. The Morgan fingerprint density at radius 3 is 2.80 bits per heavy atom. The van der Waals surface area contributed by atoms with Crippen molar-refractivity contribution < 1.29 is 18.4 Å². The number of nitrogens with one attached hydrogen (secondary N) is 1. The summed E-state index contributed by atoms with van der Waals surface area (Å²) in [6.45, 7) is 2.82. The van der Waals surface area contributed by atoms with Crippen molar-refractivity contribution in [3.8, 4) is 0 Å². The lowest BCUT2D eigenvalue weighted by atomic mass is 9.99. The highest BCUT2D eigenvalue weighted by molar-refractivity contribution is 5.74.